The Morgan fingerprint density at radius 1 is 1.19 bits per heavy atom. The highest BCUT2D eigenvalue weighted by Crippen LogP contribution is 2.36. The topological polar surface area (TPSA) is 90.8 Å². The Kier molecular flexibility index (Phi) is 5.66. The number of rotatable bonds is 4. The fourth-order valence-electron chi connectivity index (χ4n) is 4.38. The van der Waals surface area contributed by atoms with E-state index >= 15 is 0 Å². The molecule has 0 spiro atoms. The average Bonchev–Trinajstić information content (AvgIpc) is 3.16. The first-order valence-electron chi connectivity index (χ1n) is 10.1. The van der Waals surface area contributed by atoms with Crippen LogP contribution in [0, 0.1) is 0 Å². The molecule has 32 heavy (non-hydrogen) atoms. The molecule has 1 N–H and O–H groups in total. The van der Waals surface area contributed by atoms with Gasteiger partial charge in [-0.3, -0.25) is 4.79 Å². The number of anilines is 1. The van der Waals surface area contributed by atoms with E-state index in [0.717, 1.165) is 17.8 Å². The maximum atomic E-state index is 13.3. The summed E-state index contributed by atoms with van der Waals surface area (Å²) in [4.78, 5) is 17.2. The number of aromatic nitrogens is 1. The number of pyridine rings is 1. The maximum absolute atomic E-state index is 13.3. The van der Waals surface area contributed by atoms with E-state index in [1.807, 2.05) is 0 Å². The van der Waals surface area contributed by atoms with Crippen LogP contribution in [0.1, 0.15) is 36.0 Å². The number of alkyl halides is 3. The van der Waals surface area contributed by atoms with Crippen molar-refractivity contribution in [3.05, 3.63) is 53.2 Å². The minimum Gasteiger partial charge on any atom is -0.481 e. The van der Waals surface area contributed by atoms with Crippen LogP contribution in [0.5, 0.6) is 0 Å². The number of fused-ring (bicyclic) bond motifs is 1. The molecular weight excluding hydrogens is 447 g/mol. The van der Waals surface area contributed by atoms with Gasteiger partial charge >= 0.3 is 12.1 Å². The van der Waals surface area contributed by atoms with Crippen LogP contribution in [0.2, 0.25) is 0 Å². The van der Waals surface area contributed by atoms with Crippen molar-refractivity contribution >= 4 is 21.8 Å². The quantitative estimate of drug-likeness (QED) is 0.740. The SMILES string of the molecule is C[C@H]1CN(c2ccc(C(F)(F)F)cn2)CCN1S(=O)(=O)c1ccc2c(c1)C(C(=O)O)CC2. The van der Waals surface area contributed by atoms with E-state index in [1.165, 1.54) is 22.5 Å². The lowest BCUT2D eigenvalue weighted by atomic mass is 10.0. The molecule has 0 saturated carbocycles. The molecule has 1 aromatic heterocycles. The summed E-state index contributed by atoms with van der Waals surface area (Å²) >= 11 is 0. The Morgan fingerprint density at radius 2 is 1.94 bits per heavy atom. The first kappa shape index (κ1) is 22.5. The normalized spacial score (nSPS) is 22.1. The van der Waals surface area contributed by atoms with Crippen molar-refractivity contribution in [3.63, 3.8) is 0 Å². The summed E-state index contributed by atoms with van der Waals surface area (Å²) < 4.78 is 66.2. The Labute approximate surface area is 183 Å². The molecule has 172 valence electrons. The van der Waals surface area contributed by atoms with E-state index in [4.69, 9.17) is 0 Å². The number of halogens is 3. The molecule has 0 bridgehead atoms. The molecule has 2 aromatic rings. The van der Waals surface area contributed by atoms with E-state index in [9.17, 15) is 31.5 Å². The number of aryl methyl sites for hydroxylation is 1. The van der Waals surface area contributed by atoms with Gasteiger partial charge in [0.25, 0.3) is 0 Å². The van der Waals surface area contributed by atoms with Gasteiger partial charge in [-0.2, -0.15) is 17.5 Å². The summed E-state index contributed by atoms with van der Waals surface area (Å²) in [6.07, 6.45) is -2.65. The number of hydrogen-bond donors (Lipinski definition) is 1. The van der Waals surface area contributed by atoms with Crippen LogP contribution < -0.4 is 4.90 Å². The predicted molar refractivity (Wildman–Crippen MR) is 110 cm³/mol. The highest BCUT2D eigenvalue weighted by molar-refractivity contribution is 7.89. The Morgan fingerprint density at radius 3 is 2.53 bits per heavy atom. The fraction of sp³-hybridized carbons (Fsp3) is 0.429. The van der Waals surface area contributed by atoms with Crippen molar-refractivity contribution in [2.75, 3.05) is 24.5 Å². The van der Waals surface area contributed by atoms with Gasteiger partial charge in [0.1, 0.15) is 5.82 Å². The van der Waals surface area contributed by atoms with Gasteiger partial charge in [0, 0.05) is 31.9 Å². The standard InChI is InChI=1S/C21H22F3N3O4S/c1-13-12-26(19-7-4-15(11-25-19)21(22,23)24)8-9-27(13)32(30,31)16-5-2-14-3-6-17(20(28)29)18(14)10-16/h2,4-5,7,10-11,13,17H,3,6,8-9,12H2,1H3,(H,28,29)/t13-,17?/m0/s1. The summed E-state index contributed by atoms with van der Waals surface area (Å²) in [5, 5.41) is 9.41. The molecule has 1 aromatic carbocycles. The Hall–Kier alpha value is -2.66. The summed E-state index contributed by atoms with van der Waals surface area (Å²) in [5.74, 6) is -1.33. The highest BCUT2D eigenvalue weighted by Gasteiger charge is 2.37. The van der Waals surface area contributed by atoms with Crippen LogP contribution in [-0.4, -0.2) is 54.5 Å². The molecule has 1 aliphatic carbocycles. The van der Waals surface area contributed by atoms with Gasteiger partial charge in [0.2, 0.25) is 10.0 Å². The molecule has 1 fully saturated rings. The van der Waals surface area contributed by atoms with Crippen molar-refractivity contribution in [1.82, 2.24) is 9.29 Å². The van der Waals surface area contributed by atoms with Gasteiger partial charge in [0.15, 0.2) is 0 Å². The predicted octanol–water partition coefficient (Wildman–Crippen LogP) is 3.11. The lowest BCUT2D eigenvalue weighted by molar-refractivity contribution is -0.139. The van der Waals surface area contributed by atoms with E-state index in [2.05, 4.69) is 4.98 Å². The minimum atomic E-state index is -4.47. The van der Waals surface area contributed by atoms with Gasteiger partial charge in [-0.05, 0) is 55.2 Å². The number of sulfonamides is 1. The summed E-state index contributed by atoms with van der Waals surface area (Å²) in [6.45, 7) is 2.39. The van der Waals surface area contributed by atoms with Gasteiger partial charge in [-0.15, -0.1) is 0 Å². The molecular formula is C21H22F3N3O4S. The van der Waals surface area contributed by atoms with Gasteiger partial charge in [-0.1, -0.05) is 6.07 Å². The van der Waals surface area contributed by atoms with Crippen molar-refractivity contribution in [2.24, 2.45) is 0 Å². The maximum Gasteiger partial charge on any atom is 0.417 e. The van der Waals surface area contributed by atoms with E-state index in [1.54, 1.807) is 17.9 Å². The van der Waals surface area contributed by atoms with Gasteiger partial charge in [0.05, 0.1) is 16.4 Å². The van der Waals surface area contributed by atoms with Crippen LogP contribution in [-0.2, 0) is 27.4 Å². The molecule has 0 amide bonds. The number of carboxylic acid groups (broad SMARTS) is 1. The molecule has 11 heteroatoms. The number of carbonyl (C=O) groups is 1. The molecule has 0 radical (unpaired) electrons. The van der Waals surface area contributed by atoms with Crippen molar-refractivity contribution in [1.29, 1.82) is 0 Å². The third-order valence-electron chi connectivity index (χ3n) is 6.07. The molecule has 2 aliphatic rings. The lowest BCUT2D eigenvalue weighted by Crippen LogP contribution is -2.54. The van der Waals surface area contributed by atoms with Crippen LogP contribution in [0.3, 0.4) is 0 Å². The summed E-state index contributed by atoms with van der Waals surface area (Å²) in [5.41, 5.74) is 0.549. The third-order valence-corrected chi connectivity index (χ3v) is 8.08. The zero-order valence-electron chi connectivity index (χ0n) is 17.2. The minimum absolute atomic E-state index is 0.0531. The number of carboxylic acids is 1. The second kappa shape index (κ2) is 8.04. The van der Waals surface area contributed by atoms with Crippen LogP contribution in [0.25, 0.3) is 0 Å². The van der Waals surface area contributed by atoms with E-state index < -0.39 is 39.7 Å². The lowest BCUT2D eigenvalue weighted by Gasteiger charge is -2.39. The number of hydrogen-bond acceptors (Lipinski definition) is 5. The van der Waals surface area contributed by atoms with Gasteiger partial charge in [-0.25, -0.2) is 13.4 Å². The monoisotopic (exact) mass is 469 g/mol. The number of piperazine rings is 1. The number of aliphatic carboxylic acids is 1. The zero-order valence-corrected chi connectivity index (χ0v) is 18.0. The second-order valence-electron chi connectivity index (χ2n) is 8.10. The number of benzene rings is 1. The van der Waals surface area contributed by atoms with Crippen LogP contribution in [0.15, 0.2) is 41.4 Å². The first-order chi connectivity index (χ1) is 15.0. The largest absolute Gasteiger partial charge is 0.481 e. The smallest absolute Gasteiger partial charge is 0.417 e. The van der Waals surface area contributed by atoms with Crippen molar-refractivity contribution in [2.45, 2.75) is 42.8 Å². The van der Waals surface area contributed by atoms with Crippen molar-refractivity contribution < 1.29 is 31.5 Å². The molecule has 7 nitrogen and oxygen atoms in total. The van der Waals surface area contributed by atoms with Crippen molar-refractivity contribution in [3.8, 4) is 0 Å². The molecule has 1 aliphatic heterocycles. The van der Waals surface area contributed by atoms with Crippen LogP contribution in [0.4, 0.5) is 19.0 Å². The zero-order chi connectivity index (χ0) is 23.3. The summed E-state index contributed by atoms with van der Waals surface area (Å²) in [7, 11) is -3.87. The summed E-state index contributed by atoms with van der Waals surface area (Å²) in [6, 6.07) is 6.44. The molecule has 1 unspecified atom stereocenters. The van der Waals surface area contributed by atoms with Crippen LogP contribution >= 0.6 is 0 Å². The number of nitrogens with zero attached hydrogens (tertiary/aromatic N) is 3. The first-order valence-corrected chi connectivity index (χ1v) is 11.6. The molecule has 2 heterocycles. The Balaban J connectivity index is 1.52. The highest BCUT2D eigenvalue weighted by atomic mass is 32.2. The van der Waals surface area contributed by atoms with Gasteiger partial charge < -0.3 is 10.0 Å². The molecule has 1 saturated heterocycles. The van der Waals surface area contributed by atoms with E-state index in [0.29, 0.717) is 24.2 Å². The molecule has 4 rings (SSSR count). The average molecular weight is 469 g/mol. The molecule has 2 atom stereocenters. The fourth-order valence-corrected chi connectivity index (χ4v) is 6.03. The Bertz CT molecular complexity index is 1140. The van der Waals surface area contributed by atoms with E-state index in [-0.39, 0.29) is 24.5 Å². The third kappa shape index (κ3) is 4.06. The second-order valence-corrected chi connectivity index (χ2v) is 9.99.